The average molecular weight is 271 g/mol. The molecule has 0 aliphatic carbocycles. The molecule has 1 aromatic rings. The molecule has 1 rings (SSSR count). The van der Waals surface area contributed by atoms with Gasteiger partial charge in [0.25, 0.3) is 0 Å². The molecule has 2 nitrogen and oxygen atoms in total. The van der Waals surface area contributed by atoms with Crippen molar-refractivity contribution < 1.29 is 10.1 Å². The second-order valence-electron chi connectivity index (χ2n) is 5.65. The van der Waals surface area contributed by atoms with E-state index in [1.165, 1.54) is 12.0 Å². The third-order valence-corrected chi connectivity index (χ3v) is 3.24. The molecular formula is C15H25ClNO+. The Morgan fingerprint density at radius 1 is 1.22 bits per heavy atom. The lowest BCUT2D eigenvalue weighted by atomic mass is 9.87. The van der Waals surface area contributed by atoms with Gasteiger partial charge in [0.1, 0.15) is 5.75 Å². The molecule has 0 aliphatic heterocycles. The molecule has 2 N–H and O–H groups in total. The van der Waals surface area contributed by atoms with Crippen LogP contribution in [0.4, 0.5) is 0 Å². The number of hydrogen-bond donors (Lipinski definition) is 1. The van der Waals surface area contributed by atoms with Gasteiger partial charge in [-0.05, 0) is 36.0 Å². The summed E-state index contributed by atoms with van der Waals surface area (Å²) in [6.45, 7) is 8.43. The quantitative estimate of drug-likeness (QED) is 0.790. The van der Waals surface area contributed by atoms with E-state index in [0.717, 1.165) is 25.3 Å². The Bertz CT molecular complexity index is 371. The van der Waals surface area contributed by atoms with Gasteiger partial charge in [0, 0.05) is 0 Å². The van der Waals surface area contributed by atoms with E-state index in [9.17, 15) is 0 Å². The molecule has 0 unspecified atom stereocenters. The van der Waals surface area contributed by atoms with Gasteiger partial charge < -0.3 is 10.1 Å². The highest BCUT2D eigenvalue weighted by Crippen LogP contribution is 2.31. The van der Waals surface area contributed by atoms with E-state index < -0.39 is 0 Å². The standard InChI is InChI=1S/C15H24ClNO/c1-15(2,3)12-7-8-14(13(16)11-12)18-10-6-5-9-17-4/h7-8,11,17H,5-6,9-10H2,1-4H3/p+1. The van der Waals surface area contributed by atoms with Crippen LogP contribution < -0.4 is 10.1 Å². The van der Waals surface area contributed by atoms with Crippen LogP contribution in [0.25, 0.3) is 0 Å². The predicted octanol–water partition coefficient (Wildman–Crippen LogP) is 2.99. The summed E-state index contributed by atoms with van der Waals surface area (Å²) < 4.78 is 5.71. The van der Waals surface area contributed by atoms with Gasteiger partial charge in [0.05, 0.1) is 25.2 Å². The van der Waals surface area contributed by atoms with E-state index in [1.54, 1.807) is 0 Å². The van der Waals surface area contributed by atoms with Crippen molar-refractivity contribution in [1.29, 1.82) is 0 Å². The van der Waals surface area contributed by atoms with E-state index in [1.807, 2.05) is 12.1 Å². The van der Waals surface area contributed by atoms with Crippen molar-refractivity contribution in [2.45, 2.75) is 39.0 Å². The zero-order valence-electron chi connectivity index (χ0n) is 11.9. The molecule has 0 saturated heterocycles. The van der Waals surface area contributed by atoms with Gasteiger partial charge in [-0.1, -0.05) is 38.4 Å². The van der Waals surface area contributed by atoms with E-state index in [0.29, 0.717) is 5.02 Å². The molecular weight excluding hydrogens is 246 g/mol. The van der Waals surface area contributed by atoms with E-state index in [4.69, 9.17) is 16.3 Å². The normalized spacial score (nSPS) is 11.6. The largest absolute Gasteiger partial charge is 0.492 e. The highest BCUT2D eigenvalue weighted by atomic mass is 35.5. The van der Waals surface area contributed by atoms with Crippen LogP contribution in [-0.2, 0) is 5.41 Å². The number of quaternary nitrogens is 1. The van der Waals surface area contributed by atoms with E-state index in [2.05, 4.69) is 39.2 Å². The molecule has 0 saturated carbocycles. The first-order chi connectivity index (χ1) is 8.45. The number of benzene rings is 1. The molecule has 0 spiro atoms. The predicted molar refractivity (Wildman–Crippen MR) is 77.6 cm³/mol. The van der Waals surface area contributed by atoms with Crippen molar-refractivity contribution in [3.05, 3.63) is 28.8 Å². The summed E-state index contributed by atoms with van der Waals surface area (Å²) in [5.74, 6) is 0.796. The lowest BCUT2D eigenvalue weighted by Crippen LogP contribution is -2.79. The van der Waals surface area contributed by atoms with Crippen molar-refractivity contribution in [1.82, 2.24) is 0 Å². The van der Waals surface area contributed by atoms with E-state index >= 15 is 0 Å². The molecule has 0 atom stereocenters. The average Bonchev–Trinajstić information content (AvgIpc) is 2.29. The number of rotatable bonds is 6. The smallest absolute Gasteiger partial charge is 0.137 e. The number of nitrogens with two attached hydrogens (primary N) is 1. The summed E-state index contributed by atoms with van der Waals surface area (Å²) in [6, 6.07) is 6.09. The van der Waals surface area contributed by atoms with Crippen molar-refractivity contribution in [3.8, 4) is 5.75 Å². The van der Waals surface area contributed by atoms with Crippen molar-refractivity contribution in [3.63, 3.8) is 0 Å². The monoisotopic (exact) mass is 270 g/mol. The Hall–Kier alpha value is -0.730. The first-order valence-electron chi connectivity index (χ1n) is 6.66. The van der Waals surface area contributed by atoms with Crippen LogP contribution >= 0.6 is 11.6 Å². The van der Waals surface area contributed by atoms with Crippen LogP contribution in [0.1, 0.15) is 39.2 Å². The first-order valence-corrected chi connectivity index (χ1v) is 7.03. The summed E-state index contributed by atoms with van der Waals surface area (Å²) in [5.41, 5.74) is 1.36. The fraction of sp³-hybridized carbons (Fsp3) is 0.600. The van der Waals surface area contributed by atoms with Gasteiger partial charge in [-0.3, -0.25) is 0 Å². The van der Waals surface area contributed by atoms with Crippen molar-refractivity contribution >= 4 is 11.6 Å². The molecule has 0 bridgehead atoms. The van der Waals surface area contributed by atoms with Gasteiger partial charge in [0.2, 0.25) is 0 Å². The molecule has 102 valence electrons. The number of halogens is 1. The molecule has 0 radical (unpaired) electrons. The van der Waals surface area contributed by atoms with Gasteiger partial charge in [-0.15, -0.1) is 0 Å². The van der Waals surface area contributed by atoms with Crippen LogP contribution in [0.3, 0.4) is 0 Å². The van der Waals surface area contributed by atoms with Crippen LogP contribution in [0.5, 0.6) is 5.75 Å². The number of hydrogen-bond acceptors (Lipinski definition) is 1. The molecule has 0 fully saturated rings. The Balaban J connectivity index is 2.53. The molecule has 18 heavy (non-hydrogen) atoms. The lowest BCUT2D eigenvalue weighted by molar-refractivity contribution is -0.627. The van der Waals surface area contributed by atoms with Crippen molar-refractivity contribution in [2.24, 2.45) is 0 Å². The minimum Gasteiger partial charge on any atom is -0.492 e. The Morgan fingerprint density at radius 2 is 1.94 bits per heavy atom. The van der Waals surface area contributed by atoms with Crippen LogP contribution in [-0.4, -0.2) is 20.2 Å². The second kappa shape index (κ2) is 7.01. The van der Waals surface area contributed by atoms with Crippen LogP contribution in [0.15, 0.2) is 18.2 Å². The summed E-state index contributed by atoms with van der Waals surface area (Å²) in [7, 11) is 2.09. The summed E-state index contributed by atoms with van der Waals surface area (Å²) in [5, 5.41) is 2.90. The van der Waals surface area contributed by atoms with Gasteiger partial charge in [-0.2, -0.15) is 0 Å². The third-order valence-electron chi connectivity index (χ3n) is 2.94. The zero-order chi connectivity index (χ0) is 13.6. The van der Waals surface area contributed by atoms with Crippen LogP contribution in [0, 0.1) is 0 Å². The Kier molecular flexibility index (Phi) is 5.97. The first kappa shape index (κ1) is 15.3. The third kappa shape index (κ3) is 4.87. The molecule has 0 heterocycles. The minimum absolute atomic E-state index is 0.124. The summed E-state index contributed by atoms with van der Waals surface area (Å²) >= 11 is 6.24. The molecule has 3 heteroatoms. The second-order valence-corrected chi connectivity index (χ2v) is 6.05. The molecule has 1 aromatic carbocycles. The summed E-state index contributed by atoms with van der Waals surface area (Å²) in [6.07, 6.45) is 2.25. The minimum atomic E-state index is 0.124. The topological polar surface area (TPSA) is 25.8 Å². The summed E-state index contributed by atoms with van der Waals surface area (Å²) in [4.78, 5) is 0. The highest BCUT2D eigenvalue weighted by Gasteiger charge is 2.15. The van der Waals surface area contributed by atoms with Gasteiger partial charge in [0.15, 0.2) is 0 Å². The molecule has 0 aromatic heterocycles. The fourth-order valence-electron chi connectivity index (χ4n) is 1.72. The maximum atomic E-state index is 6.24. The Morgan fingerprint density at radius 3 is 2.50 bits per heavy atom. The number of ether oxygens (including phenoxy) is 1. The SMILES string of the molecule is C[NH2+]CCCCOc1ccc(C(C)(C)C)cc1Cl. The fourth-order valence-corrected chi connectivity index (χ4v) is 1.95. The zero-order valence-corrected chi connectivity index (χ0v) is 12.7. The Labute approximate surface area is 116 Å². The maximum absolute atomic E-state index is 6.24. The molecule has 0 amide bonds. The maximum Gasteiger partial charge on any atom is 0.137 e. The van der Waals surface area contributed by atoms with Crippen molar-refractivity contribution in [2.75, 3.05) is 20.2 Å². The van der Waals surface area contributed by atoms with Gasteiger partial charge in [-0.25, -0.2) is 0 Å². The number of unbranched alkanes of at least 4 members (excludes halogenated alkanes) is 1. The van der Waals surface area contributed by atoms with Crippen LogP contribution in [0.2, 0.25) is 5.02 Å². The lowest BCUT2D eigenvalue weighted by Gasteiger charge is -2.20. The molecule has 0 aliphatic rings. The van der Waals surface area contributed by atoms with E-state index in [-0.39, 0.29) is 5.41 Å². The highest BCUT2D eigenvalue weighted by molar-refractivity contribution is 6.32. The van der Waals surface area contributed by atoms with Gasteiger partial charge >= 0.3 is 0 Å².